The molecule has 0 bridgehead atoms. The predicted molar refractivity (Wildman–Crippen MR) is 42.3 cm³/mol. The van der Waals surface area contributed by atoms with Gasteiger partial charge in [-0.2, -0.15) is 8.42 Å². The molecule has 0 aliphatic carbocycles. The van der Waals surface area contributed by atoms with E-state index in [0.717, 1.165) is 6.42 Å². The van der Waals surface area contributed by atoms with Crippen LogP contribution in [0.2, 0.25) is 0 Å². The molecule has 0 unspecified atom stereocenters. The van der Waals surface area contributed by atoms with Crippen LogP contribution in [0.25, 0.3) is 0 Å². The van der Waals surface area contributed by atoms with Crippen LogP contribution in [0.4, 0.5) is 0 Å². The molecular formula is C5H14N2O3S. The molecule has 5 nitrogen and oxygen atoms in total. The Kier molecular flexibility index (Phi) is 5.39. The molecule has 3 N–H and O–H groups in total. The van der Waals surface area contributed by atoms with E-state index in [1.807, 2.05) is 6.92 Å². The van der Waals surface area contributed by atoms with Crippen LogP contribution in [-0.2, 0) is 10.2 Å². The minimum atomic E-state index is -3.37. The maximum absolute atomic E-state index is 10.8. The summed E-state index contributed by atoms with van der Waals surface area (Å²) in [5.74, 6) is 0. The summed E-state index contributed by atoms with van der Waals surface area (Å²) in [5, 5.41) is 8.30. The number of nitrogens with one attached hydrogen (secondary N) is 2. The Labute approximate surface area is 67.0 Å². The topological polar surface area (TPSA) is 78.4 Å². The van der Waals surface area contributed by atoms with Gasteiger partial charge in [0.05, 0.1) is 6.61 Å². The lowest BCUT2D eigenvalue weighted by atomic mass is 10.5. The summed E-state index contributed by atoms with van der Waals surface area (Å²) in [6.07, 6.45) is 0.750. The van der Waals surface area contributed by atoms with E-state index in [1.54, 1.807) is 0 Å². The molecule has 0 aliphatic rings. The summed E-state index contributed by atoms with van der Waals surface area (Å²) in [5.41, 5.74) is 0. The molecule has 0 aromatic carbocycles. The second-order valence-electron chi connectivity index (χ2n) is 2.02. The van der Waals surface area contributed by atoms with Crippen LogP contribution < -0.4 is 9.44 Å². The maximum Gasteiger partial charge on any atom is 0.276 e. The molecule has 68 valence electrons. The Hall–Kier alpha value is -0.170. The summed E-state index contributed by atoms with van der Waals surface area (Å²) in [6, 6.07) is 0. The first-order valence-electron chi connectivity index (χ1n) is 3.47. The minimum Gasteiger partial charge on any atom is -0.395 e. The van der Waals surface area contributed by atoms with Crippen molar-refractivity contribution in [2.75, 3.05) is 19.7 Å². The van der Waals surface area contributed by atoms with Gasteiger partial charge in [0.15, 0.2) is 0 Å². The van der Waals surface area contributed by atoms with Crippen molar-refractivity contribution in [3.8, 4) is 0 Å². The van der Waals surface area contributed by atoms with Gasteiger partial charge < -0.3 is 5.11 Å². The Morgan fingerprint density at radius 2 is 1.82 bits per heavy atom. The molecule has 0 fully saturated rings. The highest BCUT2D eigenvalue weighted by Gasteiger charge is 2.04. The van der Waals surface area contributed by atoms with Gasteiger partial charge in [-0.05, 0) is 6.42 Å². The largest absolute Gasteiger partial charge is 0.395 e. The van der Waals surface area contributed by atoms with Crippen molar-refractivity contribution in [2.45, 2.75) is 13.3 Å². The van der Waals surface area contributed by atoms with Crippen LogP contribution in [0.15, 0.2) is 0 Å². The zero-order valence-electron chi connectivity index (χ0n) is 6.50. The first kappa shape index (κ1) is 10.8. The Balaban J connectivity index is 3.63. The van der Waals surface area contributed by atoms with E-state index in [2.05, 4.69) is 9.44 Å². The maximum atomic E-state index is 10.8. The van der Waals surface area contributed by atoms with E-state index in [0.29, 0.717) is 6.54 Å². The molecule has 0 radical (unpaired) electrons. The molecular weight excluding hydrogens is 168 g/mol. The van der Waals surface area contributed by atoms with E-state index in [4.69, 9.17) is 5.11 Å². The third-order valence-electron chi connectivity index (χ3n) is 0.946. The summed E-state index contributed by atoms with van der Waals surface area (Å²) in [4.78, 5) is 0. The highest BCUT2D eigenvalue weighted by molar-refractivity contribution is 7.87. The van der Waals surface area contributed by atoms with Crippen LogP contribution in [0.1, 0.15) is 13.3 Å². The van der Waals surface area contributed by atoms with Crippen LogP contribution in [0, 0.1) is 0 Å². The number of aliphatic hydroxyl groups is 1. The first-order valence-corrected chi connectivity index (χ1v) is 4.96. The second kappa shape index (κ2) is 5.48. The van der Waals surface area contributed by atoms with Crippen molar-refractivity contribution in [3.63, 3.8) is 0 Å². The van der Waals surface area contributed by atoms with Crippen molar-refractivity contribution in [1.82, 2.24) is 9.44 Å². The third kappa shape index (κ3) is 6.24. The van der Waals surface area contributed by atoms with Crippen LogP contribution in [0.3, 0.4) is 0 Å². The Bertz CT molecular complexity index is 164. The predicted octanol–water partition coefficient (Wildman–Crippen LogP) is -1.19. The van der Waals surface area contributed by atoms with Gasteiger partial charge in [-0.15, -0.1) is 0 Å². The van der Waals surface area contributed by atoms with Crippen molar-refractivity contribution < 1.29 is 13.5 Å². The Morgan fingerprint density at radius 3 is 2.27 bits per heavy atom. The van der Waals surface area contributed by atoms with Gasteiger partial charge in [0.25, 0.3) is 10.2 Å². The molecule has 0 heterocycles. The van der Waals surface area contributed by atoms with Crippen molar-refractivity contribution >= 4 is 10.2 Å². The van der Waals surface area contributed by atoms with Crippen molar-refractivity contribution in [1.29, 1.82) is 0 Å². The summed E-state index contributed by atoms with van der Waals surface area (Å²) in [6.45, 7) is 2.15. The van der Waals surface area contributed by atoms with Crippen LogP contribution >= 0.6 is 0 Å². The van der Waals surface area contributed by atoms with Gasteiger partial charge in [0, 0.05) is 13.1 Å². The lowest BCUT2D eigenvalue weighted by Crippen LogP contribution is -2.38. The van der Waals surface area contributed by atoms with E-state index in [1.165, 1.54) is 0 Å². The average Bonchev–Trinajstić information content (AvgIpc) is 1.97. The van der Waals surface area contributed by atoms with E-state index in [9.17, 15) is 8.42 Å². The van der Waals surface area contributed by atoms with Gasteiger partial charge in [0.1, 0.15) is 0 Å². The fraction of sp³-hybridized carbons (Fsp3) is 1.00. The van der Waals surface area contributed by atoms with Gasteiger partial charge in [0.2, 0.25) is 0 Å². The van der Waals surface area contributed by atoms with Crippen molar-refractivity contribution in [2.24, 2.45) is 0 Å². The summed E-state index contributed by atoms with van der Waals surface area (Å²) < 4.78 is 26.1. The van der Waals surface area contributed by atoms with Gasteiger partial charge in [-0.3, -0.25) is 0 Å². The third-order valence-corrected chi connectivity index (χ3v) is 2.11. The molecule has 0 saturated carbocycles. The standard InChI is InChI=1S/C5H14N2O3S/c1-2-3-6-11(9,10)7-4-5-8/h6-8H,2-5H2,1H3. The van der Waals surface area contributed by atoms with E-state index in [-0.39, 0.29) is 13.2 Å². The summed E-state index contributed by atoms with van der Waals surface area (Å²) in [7, 11) is -3.37. The van der Waals surface area contributed by atoms with Gasteiger partial charge >= 0.3 is 0 Å². The lowest BCUT2D eigenvalue weighted by molar-refractivity contribution is 0.300. The molecule has 6 heteroatoms. The fourth-order valence-electron chi connectivity index (χ4n) is 0.467. The normalized spacial score (nSPS) is 11.8. The van der Waals surface area contributed by atoms with Crippen LogP contribution in [0.5, 0.6) is 0 Å². The molecule has 0 saturated heterocycles. The first-order chi connectivity index (χ1) is 5.12. The number of hydrogen-bond donors (Lipinski definition) is 3. The Morgan fingerprint density at radius 1 is 1.27 bits per heavy atom. The molecule has 0 amide bonds. The average molecular weight is 182 g/mol. The molecule has 0 aromatic rings. The van der Waals surface area contributed by atoms with Gasteiger partial charge in [-0.1, -0.05) is 6.92 Å². The molecule has 0 aliphatic heterocycles. The molecule has 11 heavy (non-hydrogen) atoms. The molecule has 0 rings (SSSR count). The fourth-order valence-corrected chi connectivity index (χ4v) is 1.40. The minimum absolute atomic E-state index is 0.0546. The summed E-state index contributed by atoms with van der Waals surface area (Å²) >= 11 is 0. The SMILES string of the molecule is CCCNS(=O)(=O)NCCO. The zero-order valence-corrected chi connectivity index (χ0v) is 7.32. The van der Waals surface area contributed by atoms with Gasteiger partial charge in [-0.25, -0.2) is 9.44 Å². The van der Waals surface area contributed by atoms with Crippen molar-refractivity contribution in [3.05, 3.63) is 0 Å². The lowest BCUT2D eigenvalue weighted by Gasteiger charge is -2.04. The molecule has 0 spiro atoms. The number of rotatable bonds is 6. The quantitative estimate of drug-likeness (QED) is 0.483. The zero-order chi connectivity index (χ0) is 8.74. The molecule has 0 aromatic heterocycles. The van der Waals surface area contributed by atoms with E-state index < -0.39 is 10.2 Å². The van der Waals surface area contributed by atoms with E-state index >= 15 is 0 Å². The second-order valence-corrected chi connectivity index (χ2v) is 3.60. The monoisotopic (exact) mass is 182 g/mol. The highest BCUT2D eigenvalue weighted by atomic mass is 32.2. The number of hydrogen-bond acceptors (Lipinski definition) is 3. The smallest absolute Gasteiger partial charge is 0.276 e. The highest BCUT2D eigenvalue weighted by Crippen LogP contribution is 1.77. The number of aliphatic hydroxyl groups excluding tert-OH is 1. The molecule has 0 atom stereocenters. The van der Waals surface area contributed by atoms with Crippen LogP contribution in [-0.4, -0.2) is 33.2 Å².